The predicted octanol–water partition coefficient (Wildman–Crippen LogP) is 4.51. The minimum absolute atomic E-state index is 0.105. The van der Waals surface area contributed by atoms with E-state index in [0.29, 0.717) is 26.4 Å². The summed E-state index contributed by atoms with van der Waals surface area (Å²) in [5, 5.41) is 9.83. The number of aromatic nitrogens is 1. The van der Waals surface area contributed by atoms with Gasteiger partial charge in [0.2, 0.25) is 5.88 Å². The van der Waals surface area contributed by atoms with Crippen LogP contribution in [-0.4, -0.2) is 27.4 Å². The van der Waals surface area contributed by atoms with Crippen LogP contribution in [0.4, 0.5) is 5.69 Å². The molecular formula is C16H10Cl2N2O3S2. The summed E-state index contributed by atoms with van der Waals surface area (Å²) in [6, 6.07) is 6.39. The van der Waals surface area contributed by atoms with E-state index in [1.54, 1.807) is 18.2 Å². The summed E-state index contributed by atoms with van der Waals surface area (Å²) in [6.07, 6.45) is 3.13. The second-order valence-corrected chi connectivity index (χ2v) is 7.40. The third kappa shape index (κ3) is 3.59. The molecular weight excluding hydrogens is 403 g/mol. The van der Waals surface area contributed by atoms with E-state index in [1.807, 2.05) is 0 Å². The van der Waals surface area contributed by atoms with Gasteiger partial charge in [-0.3, -0.25) is 9.69 Å². The SMILES string of the molecule is COc1ccc(N2C(=O)C(=Cc3cc(Cl)c(O)c(Cl)c3)SC2=S)cn1. The van der Waals surface area contributed by atoms with Crippen molar-refractivity contribution in [3.63, 3.8) is 0 Å². The third-order valence-corrected chi connectivity index (χ3v) is 5.20. The number of nitrogens with zero attached hydrogens (tertiary/aromatic N) is 2. The summed E-state index contributed by atoms with van der Waals surface area (Å²) in [5.41, 5.74) is 1.13. The van der Waals surface area contributed by atoms with E-state index in [0.717, 1.165) is 11.8 Å². The maximum atomic E-state index is 12.7. The minimum atomic E-state index is -0.276. The lowest BCUT2D eigenvalue weighted by molar-refractivity contribution is -0.113. The van der Waals surface area contributed by atoms with Gasteiger partial charge in [-0.2, -0.15) is 0 Å². The number of hydrogen-bond acceptors (Lipinski definition) is 6. The van der Waals surface area contributed by atoms with Crippen molar-refractivity contribution < 1.29 is 14.6 Å². The number of methoxy groups -OCH3 is 1. The molecule has 0 radical (unpaired) electrons. The average Bonchev–Trinajstić information content (AvgIpc) is 2.86. The van der Waals surface area contributed by atoms with Crippen molar-refractivity contribution in [1.29, 1.82) is 0 Å². The summed E-state index contributed by atoms with van der Waals surface area (Å²) in [4.78, 5) is 18.6. The van der Waals surface area contributed by atoms with Crippen LogP contribution in [0.1, 0.15) is 5.56 Å². The molecule has 0 atom stereocenters. The molecule has 1 aliphatic rings. The number of thioether (sulfide) groups is 1. The molecule has 128 valence electrons. The fraction of sp³-hybridized carbons (Fsp3) is 0.0625. The van der Waals surface area contributed by atoms with Gasteiger partial charge < -0.3 is 9.84 Å². The molecule has 1 amide bonds. The fourth-order valence-electron chi connectivity index (χ4n) is 2.14. The average molecular weight is 413 g/mol. The first-order valence-corrected chi connectivity index (χ1v) is 8.85. The van der Waals surface area contributed by atoms with Crippen molar-refractivity contribution in [2.75, 3.05) is 12.0 Å². The Balaban J connectivity index is 1.92. The van der Waals surface area contributed by atoms with E-state index in [4.69, 9.17) is 40.2 Å². The van der Waals surface area contributed by atoms with Gasteiger partial charge in [0, 0.05) is 6.07 Å². The Morgan fingerprint density at radius 3 is 2.56 bits per heavy atom. The molecule has 9 heteroatoms. The number of hydrogen-bond donors (Lipinski definition) is 1. The van der Waals surface area contributed by atoms with Crippen molar-refractivity contribution >= 4 is 69.2 Å². The van der Waals surface area contributed by atoms with Gasteiger partial charge >= 0.3 is 0 Å². The van der Waals surface area contributed by atoms with Crippen molar-refractivity contribution in [3.05, 3.63) is 51.0 Å². The maximum absolute atomic E-state index is 12.7. The van der Waals surface area contributed by atoms with Crippen LogP contribution in [0.25, 0.3) is 6.08 Å². The second kappa shape index (κ2) is 7.21. The number of amides is 1. The van der Waals surface area contributed by atoms with Crippen LogP contribution in [0.2, 0.25) is 10.0 Å². The number of ether oxygens (including phenoxy) is 1. The third-order valence-electron chi connectivity index (χ3n) is 3.32. The topological polar surface area (TPSA) is 62.7 Å². The van der Waals surface area contributed by atoms with Crippen LogP contribution in [0.5, 0.6) is 11.6 Å². The minimum Gasteiger partial charge on any atom is -0.505 e. The van der Waals surface area contributed by atoms with Crippen LogP contribution in [-0.2, 0) is 4.79 Å². The van der Waals surface area contributed by atoms with Crippen LogP contribution in [0.15, 0.2) is 35.4 Å². The van der Waals surface area contributed by atoms with Gasteiger partial charge in [-0.25, -0.2) is 4.98 Å². The predicted molar refractivity (Wildman–Crippen MR) is 105 cm³/mol. The lowest BCUT2D eigenvalue weighted by atomic mass is 10.2. The number of phenolic OH excluding ortho intramolecular Hbond substituents is 1. The molecule has 1 aromatic heterocycles. The summed E-state index contributed by atoms with van der Waals surface area (Å²) in [6.45, 7) is 0. The summed E-state index contributed by atoms with van der Waals surface area (Å²) in [7, 11) is 1.51. The molecule has 0 saturated carbocycles. The van der Waals surface area contributed by atoms with Gasteiger partial charge in [0.25, 0.3) is 5.91 Å². The molecule has 1 saturated heterocycles. The molecule has 0 bridgehead atoms. The van der Waals surface area contributed by atoms with Crippen molar-refractivity contribution in [2.24, 2.45) is 0 Å². The highest BCUT2D eigenvalue weighted by Gasteiger charge is 2.33. The van der Waals surface area contributed by atoms with Crippen LogP contribution >= 0.6 is 47.2 Å². The van der Waals surface area contributed by atoms with Crippen molar-refractivity contribution in [2.45, 2.75) is 0 Å². The largest absolute Gasteiger partial charge is 0.505 e. The number of halogens is 2. The number of benzene rings is 1. The van der Waals surface area contributed by atoms with Crippen molar-refractivity contribution in [1.82, 2.24) is 4.98 Å². The zero-order chi connectivity index (χ0) is 18.1. The first-order chi connectivity index (χ1) is 11.9. The Morgan fingerprint density at radius 2 is 2.00 bits per heavy atom. The number of carbonyl (C=O) groups is 1. The Hall–Kier alpha value is -1.80. The Labute approximate surface area is 163 Å². The molecule has 1 aromatic carbocycles. The highest BCUT2D eigenvalue weighted by Crippen LogP contribution is 2.38. The standard InChI is InChI=1S/C16H10Cl2N2O3S2/c1-23-13-3-2-9(7-19-13)20-15(22)12(25-16(20)24)6-8-4-10(17)14(21)11(18)5-8/h2-7,21H,1H3. The zero-order valence-electron chi connectivity index (χ0n) is 12.7. The lowest BCUT2D eigenvalue weighted by Crippen LogP contribution is -2.27. The molecule has 3 rings (SSSR count). The fourth-order valence-corrected chi connectivity index (χ4v) is 3.94. The summed E-state index contributed by atoms with van der Waals surface area (Å²) >= 11 is 18.3. The molecule has 0 spiro atoms. The Morgan fingerprint density at radius 1 is 1.32 bits per heavy atom. The summed E-state index contributed by atoms with van der Waals surface area (Å²) in [5.74, 6) is -0.0299. The molecule has 0 unspecified atom stereocenters. The first kappa shape index (κ1) is 18.0. The van der Waals surface area contributed by atoms with Crippen LogP contribution in [0.3, 0.4) is 0 Å². The highest BCUT2D eigenvalue weighted by atomic mass is 35.5. The number of thiocarbonyl (C=S) groups is 1. The van der Waals surface area contributed by atoms with Crippen molar-refractivity contribution in [3.8, 4) is 11.6 Å². The van der Waals surface area contributed by atoms with Gasteiger partial charge in [-0.15, -0.1) is 0 Å². The van der Waals surface area contributed by atoms with E-state index in [1.165, 1.54) is 30.3 Å². The molecule has 2 heterocycles. The second-order valence-electron chi connectivity index (χ2n) is 4.91. The van der Waals surface area contributed by atoms with E-state index in [9.17, 15) is 9.90 Å². The number of rotatable bonds is 3. The molecule has 5 nitrogen and oxygen atoms in total. The van der Waals surface area contributed by atoms with Gasteiger partial charge in [0.1, 0.15) is 0 Å². The van der Waals surface area contributed by atoms with Gasteiger partial charge in [-0.1, -0.05) is 47.2 Å². The van der Waals surface area contributed by atoms with Gasteiger partial charge in [-0.05, 0) is 29.8 Å². The van der Waals surface area contributed by atoms with Crippen LogP contribution in [0, 0.1) is 0 Å². The number of pyridine rings is 1. The number of anilines is 1. The number of carbonyl (C=O) groups excluding carboxylic acids is 1. The van der Waals surface area contributed by atoms with Gasteiger partial charge in [0.05, 0.1) is 33.9 Å². The monoisotopic (exact) mass is 412 g/mol. The molecule has 1 N–H and O–H groups in total. The van der Waals surface area contributed by atoms with Gasteiger partial charge in [0.15, 0.2) is 10.1 Å². The highest BCUT2D eigenvalue weighted by molar-refractivity contribution is 8.27. The quantitative estimate of drug-likeness (QED) is 0.590. The number of aromatic hydroxyl groups is 1. The normalized spacial score (nSPS) is 16.0. The molecule has 0 aliphatic carbocycles. The summed E-state index contributed by atoms with van der Waals surface area (Å²) < 4.78 is 5.40. The van der Waals surface area contributed by atoms with E-state index in [2.05, 4.69) is 4.98 Å². The Kier molecular flexibility index (Phi) is 5.19. The molecule has 2 aromatic rings. The van der Waals surface area contributed by atoms with E-state index >= 15 is 0 Å². The smallest absolute Gasteiger partial charge is 0.270 e. The van der Waals surface area contributed by atoms with E-state index in [-0.39, 0.29) is 21.7 Å². The lowest BCUT2D eigenvalue weighted by Gasteiger charge is -2.14. The van der Waals surface area contributed by atoms with E-state index < -0.39 is 0 Å². The maximum Gasteiger partial charge on any atom is 0.270 e. The molecule has 1 aliphatic heterocycles. The molecule has 1 fully saturated rings. The van der Waals surface area contributed by atoms with Crippen LogP contribution < -0.4 is 9.64 Å². The Bertz CT molecular complexity index is 878. The first-order valence-electron chi connectivity index (χ1n) is 6.86. The molecule has 25 heavy (non-hydrogen) atoms. The zero-order valence-corrected chi connectivity index (χ0v) is 15.8. The number of phenols is 1.